The van der Waals surface area contributed by atoms with Crippen LogP contribution in [0.25, 0.3) is 0 Å². The number of likely N-dealkylation sites (N-methyl/N-ethyl adjacent to an activating group) is 1. The van der Waals surface area contributed by atoms with Crippen LogP contribution in [-0.2, 0) is 11.2 Å². The minimum Gasteiger partial charge on any atom is -0.344 e. The molecule has 1 aromatic heterocycles. The Labute approximate surface area is 88.5 Å². The standard InChI is InChI=1S/C10H16N2OS/c1-8-4-6-14-9(8)3-5-12(2)10(13)7-11/h4,6H,3,5,7,11H2,1-2H3. The summed E-state index contributed by atoms with van der Waals surface area (Å²) in [6, 6.07) is 2.10. The summed E-state index contributed by atoms with van der Waals surface area (Å²) in [5.41, 5.74) is 6.57. The topological polar surface area (TPSA) is 46.3 Å². The highest BCUT2D eigenvalue weighted by molar-refractivity contribution is 7.10. The van der Waals surface area contributed by atoms with E-state index < -0.39 is 0 Å². The van der Waals surface area contributed by atoms with E-state index in [9.17, 15) is 4.79 Å². The molecule has 78 valence electrons. The van der Waals surface area contributed by atoms with E-state index in [1.165, 1.54) is 10.4 Å². The first kappa shape index (κ1) is 11.2. The van der Waals surface area contributed by atoms with Crippen molar-refractivity contribution in [2.45, 2.75) is 13.3 Å². The molecule has 1 heterocycles. The smallest absolute Gasteiger partial charge is 0.236 e. The lowest BCUT2D eigenvalue weighted by molar-refractivity contribution is -0.128. The van der Waals surface area contributed by atoms with Crippen LogP contribution in [0.1, 0.15) is 10.4 Å². The molecule has 1 aromatic rings. The van der Waals surface area contributed by atoms with Crippen molar-refractivity contribution in [3.8, 4) is 0 Å². The van der Waals surface area contributed by atoms with Crippen LogP contribution in [0.2, 0.25) is 0 Å². The molecule has 0 atom stereocenters. The second-order valence-corrected chi connectivity index (χ2v) is 4.30. The highest BCUT2D eigenvalue weighted by atomic mass is 32.1. The quantitative estimate of drug-likeness (QED) is 0.810. The van der Waals surface area contributed by atoms with Gasteiger partial charge in [0.2, 0.25) is 5.91 Å². The Kier molecular flexibility index (Phi) is 4.10. The first-order valence-electron chi connectivity index (χ1n) is 4.62. The fraction of sp³-hybridized carbons (Fsp3) is 0.500. The van der Waals surface area contributed by atoms with Crippen molar-refractivity contribution in [3.05, 3.63) is 21.9 Å². The summed E-state index contributed by atoms with van der Waals surface area (Å²) in [4.78, 5) is 14.2. The first-order valence-corrected chi connectivity index (χ1v) is 5.50. The normalized spacial score (nSPS) is 10.2. The van der Waals surface area contributed by atoms with E-state index in [0.29, 0.717) is 0 Å². The number of thiophene rings is 1. The molecule has 3 nitrogen and oxygen atoms in total. The first-order chi connectivity index (χ1) is 6.65. The Morgan fingerprint density at radius 2 is 2.36 bits per heavy atom. The molecule has 0 saturated heterocycles. The summed E-state index contributed by atoms with van der Waals surface area (Å²) in [5.74, 6) is -0.000732. The third-order valence-electron chi connectivity index (χ3n) is 2.24. The Morgan fingerprint density at radius 3 is 2.86 bits per heavy atom. The molecule has 4 heteroatoms. The van der Waals surface area contributed by atoms with Crippen LogP contribution in [0.15, 0.2) is 11.4 Å². The molecule has 2 N–H and O–H groups in total. The third kappa shape index (κ3) is 2.82. The molecule has 0 aliphatic heterocycles. The van der Waals surface area contributed by atoms with Crippen molar-refractivity contribution in [2.24, 2.45) is 5.73 Å². The maximum absolute atomic E-state index is 11.2. The summed E-state index contributed by atoms with van der Waals surface area (Å²) < 4.78 is 0. The van der Waals surface area contributed by atoms with Gasteiger partial charge in [0, 0.05) is 18.5 Å². The van der Waals surface area contributed by atoms with Gasteiger partial charge in [0.1, 0.15) is 0 Å². The highest BCUT2D eigenvalue weighted by Crippen LogP contribution is 2.16. The largest absolute Gasteiger partial charge is 0.344 e. The molecule has 0 fully saturated rings. The van der Waals surface area contributed by atoms with Crippen LogP contribution < -0.4 is 5.73 Å². The zero-order valence-electron chi connectivity index (χ0n) is 8.62. The van der Waals surface area contributed by atoms with Gasteiger partial charge < -0.3 is 10.6 Å². The van der Waals surface area contributed by atoms with Gasteiger partial charge in [0.05, 0.1) is 6.54 Å². The van der Waals surface area contributed by atoms with Crippen molar-refractivity contribution in [2.75, 3.05) is 20.1 Å². The fourth-order valence-corrected chi connectivity index (χ4v) is 2.11. The van der Waals surface area contributed by atoms with Gasteiger partial charge in [-0.2, -0.15) is 0 Å². The zero-order chi connectivity index (χ0) is 10.6. The Balaban J connectivity index is 2.41. The lowest BCUT2D eigenvalue weighted by atomic mass is 10.2. The molecule has 0 spiro atoms. The van der Waals surface area contributed by atoms with Crippen molar-refractivity contribution >= 4 is 17.2 Å². The highest BCUT2D eigenvalue weighted by Gasteiger charge is 2.07. The lowest BCUT2D eigenvalue weighted by Crippen LogP contribution is -2.34. The van der Waals surface area contributed by atoms with E-state index in [1.54, 1.807) is 23.3 Å². The van der Waals surface area contributed by atoms with Gasteiger partial charge in [-0.25, -0.2) is 0 Å². The van der Waals surface area contributed by atoms with E-state index in [1.807, 2.05) is 0 Å². The molecule has 1 amide bonds. The second-order valence-electron chi connectivity index (χ2n) is 3.30. The molecule has 14 heavy (non-hydrogen) atoms. The molecule has 0 aromatic carbocycles. The number of amides is 1. The Hall–Kier alpha value is -0.870. The number of nitrogens with two attached hydrogens (primary N) is 1. The molecular weight excluding hydrogens is 196 g/mol. The van der Waals surface area contributed by atoms with Crippen LogP contribution in [0.4, 0.5) is 0 Å². The van der Waals surface area contributed by atoms with E-state index in [4.69, 9.17) is 5.73 Å². The molecule has 0 saturated carbocycles. The fourth-order valence-electron chi connectivity index (χ4n) is 1.21. The van der Waals surface area contributed by atoms with Crippen LogP contribution in [0.3, 0.4) is 0 Å². The van der Waals surface area contributed by atoms with Gasteiger partial charge in [-0.15, -0.1) is 11.3 Å². The van der Waals surface area contributed by atoms with Gasteiger partial charge in [0.25, 0.3) is 0 Å². The van der Waals surface area contributed by atoms with Crippen LogP contribution in [0, 0.1) is 6.92 Å². The van der Waals surface area contributed by atoms with Crippen molar-refractivity contribution in [3.63, 3.8) is 0 Å². The minimum atomic E-state index is -0.000732. The average Bonchev–Trinajstić information content (AvgIpc) is 2.59. The van der Waals surface area contributed by atoms with Crippen LogP contribution in [0.5, 0.6) is 0 Å². The van der Waals surface area contributed by atoms with E-state index in [-0.39, 0.29) is 12.5 Å². The summed E-state index contributed by atoms with van der Waals surface area (Å²) >= 11 is 1.74. The number of carbonyl (C=O) groups is 1. The zero-order valence-corrected chi connectivity index (χ0v) is 9.43. The Morgan fingerprint density at radius 1 is 1.64 bits per heavy atom. The number of nitrogens with zero attached hydrogens (tertiary/aromatic N) is 1. The predicted molar refractivity (Wildman–Crippen MR) is 59.5 cm³/mol. The monoisotopic (exact) mass is 212 g/mol. The van der Waals surface area contributed by atoms with Gasteiger partial charge in [0.15, 0.2) is 0 Å². The number of hydrogen-bond acceptors (Lipinski definition) is 3. The van der Waals surface area contributed by atoms with E-state index >= 15 is 0 Å². The predicted octanol–water partition coefficient (Wildman–Crippen LogP) is 1.02. The molecule has 0 aliphatic carbocycles. The summed E-state index contributed by atoms with van der Waals surface area (Å²) in [6.07, 6.45) is 0.922. The van der Waals surface area contributed by atoms with Crippen LogP contribution >= 0.6 is 11.3 Å². The van der Waals surface area contributed by atoms with E-state index in [0.717, 1.165) is 13.0 Å². The minimum absolute atomic E-state index is 0.000732. The maximum Gasteiger partial charge on any atom is 0.236 e. The molecule has 0 unspecified atom stereocenters. The van der Waals surface area contributed by atoms with Crippen molar-refractivity contribution in [1.29, 1.82) is 0 Å². The average molecular weight is 212 g/mol. The Bertz CT molecular complexity index is 309. The summed E-state index contributed by atoms with van der Waals surface area (Å²) in [6.45, 7) is 2.94. The second kappa shape index (κ2) is 5.12. The molecule has 0 aliphatic rings. The summed E-state index contributed by atoms with van der Waals surface area (Å²) in [5, 5.41) is 2.08. The van der Waals surface area contributed by atoms with Gasteiger partial charge >= 0.3 is 0 Å². The number of aryl methyl sites for hydroxylation is 1. The molecule has 0 radical (unpaired) electrons. The molecular formula is C10H16N2OS. The molecule has 0 bridgehead atoms. The van der Waals surface area contributed by atoms with Crippen LogP contribution in [-0.4, -0.2) is 30.9 Å². The lowest BCUT2D eigenvalue weighted by Gasteiger charge is -2.15. The number of rotatable bonds is 4. The summed E-state index contributed by atoms with van der Waals surface area (Å²) in [7, 11) is 1.79. The van der Waals surface area contributed by atoms with Gasteiger partial charge in [-0.1, -0.05) is 0 Å². The van der Waals surface area contributed by atoms with Crippen molar-refractivity contribution < 1.29 is 4.79 Å². The number of hydrogen-bond donors (Lipinski definition) is 1. The maximum atomic E-state index is 11.2. The van der Waals surface area contributed by atoms with E-state index in [2.05, 4.69) is 18.4 Å². The SMILES string of the molecule is Cc1ccsc1CCN(C)C(=O)CN. The number of carbonyl (C=O) groups excluding carboxylic acids is 1. The third-order valence-corrected chi connectivity index (χ3v) is 3.33. The van der Waals surface area contributed by atoms with Crippen molar-refractivity contribution in [1.82, 2.24) is 4.90 Å². The molecule has 1 rings (SSSR count). The van der Waals surface area contributed by atoms with Gasteiger partial charge in [-0.3, -0.25) is 4.79 Å². The van der Waals surface area contributed by atoms with Gasteiger partial charge in [-0.05, 0) is 30.4 Å².